The van der Waals surface area contributed by atoms with Crippen LogP contribution in [0.3, 0.4) is 0 Å². The van der Waals surface area contributed by atoms with E-state index in [0.29, 0.717) is 5.41 Å². The Labute approximate surface area is 80.0 Å². The topological polar surface area (TPSA) is 26.0 Å². The maximum atomic E-state index is 5.61. The summed E-state index contributed by atoms with van der Waals surface area (Å²) >= 11 is 0. The van der Waals surface area contributed by atoms with Gasteiger partial charge in [0, 0.05) is 0 Å². The van der Waals surface area contributed by atoms with Crippen molar-refractivity contribution in [3.05, 3.63) is 35.9 Å². The van der Waals surface area contributed by atoms with Crippen molar-refractivity contribution in [1.82, 2.24) is 0 Å². The molecule has 0 saturated heterocycles. The van der Waals surface area contributed by atoms with Crippen molar-refractivity contribution in [3.8, 4) is 0 Å². The average Bonchev–Trinajstić information content (AvgIpc) is 2.87. The van der Waals surface area contributed by atoms with Crippen molar-refractivity contribution in [2.45, 2.75) is 25.7 Å². The molecule has 0 aliphatic heterocycles. The molecule has 0 unspecified atom stereocenters. The van der Waals surface area contributed by atoms with Gasteiger partial charge in [-0.2, -0.15) is 0 Å². The summed E-state index contributed by atoms with van der Waals surface area (Å²) in [5.41, 5.74) is 7.65. The SMILES string of the molecule is NCCC1(Cc2ccccc2)CC1. The predicted octanol–water partition coefficient (Wildman–Crippen LogP) is 2.36. The van der Waals surface area contributed by atoms with Gasteiger partial charge in [0.05, 0.1) is 0 Å². The first kappa shape index (κ1) is 8.76. The maximum Gasteiger partial charge on any atom is -0.00719 e. The lowest BCUT2D eigenvalue weighted by atomic mass is 9.93. The molecule has 1 aliphatic rings. The van der Waals surface area contributed by atoms with Gasteiger partial charge in [-0.25, -0.2) is 0 Å². The second-order valence-electron chi connectivity index (χ2n) is 4.20. The highest BCUT2D eigenvalue weighted by molar-refractivity contribution is 5.18. The molecule has 0 radical (unpaired) electrons. The number of nitrogens with two attached hydrogens (primary N) is 1. The molecule has 0 atom stereocenters. The molecule has 1 fully saturated rings. The van der Waals surface area contributed by atoms with Gasteiger partial charge in [0.2, 0.25) is 0 Å². The predicted molar refractivity (Wildman–Crippen MR) is 55.5 cm³/mol. The van der Waals surface area contributed by atoms with Crippen LogP contribution < -0.4 is 5.73 Å². The molecule has 1 aliphatic carbocycles. The van der Waals surface area contributed by atoms with E-state index in [1.165, 1.54) is 31.2 Å². The molecular formula is C12H17N. The van der Waals surface area contributed by atoms with E-state index in [-0.39, 0.29) is 0 Å². The van der Waals surface area contributed by atoms with Gasteiger partial charge >= 0.3 is 0 Å². The van der Waals surface area contributed by atoms with Crippen LogP contribution in [0.5, 0.6) is 0 Å². The molecule has 0 bridgehead atoms. The van der Waals surface area contributed by atoms with Crippen LogP contribution in [0, 0.1) is 5.41 Å². The molecule has 13 heavy (non-hydrogen) atoms. The third-order valence-electron chi connectivity index (χ3n) is 3.05. The summed E-state index contributed by atoms with van der Waals surface area (Å²) in [5.74, 6) is 0. The monoisotopic (exact) mass is 175 g/mol. The van der Waals surface area contributed by atoms with Crippen molar-refractivity contribution in [2.24, 2.45) is 11.1 Å². The van der Waals surface area contributed by atoms with Gasteiger partial charge in [0.15, 0.2) is 0 Å². The van der Waals surface area contributed by atoms with Crippen molar-refractivity contribution in [1.29, 1.82) is 0 Å². The molecule has 0 amide bonds. The van der Waals surface area contributed by atoms with Crippen LogP contribution >= 0.6 is 0 Å². The lowest BCUT2D eigenvalue weighted by Crippen LogP contribution is -2.11. The Balaban J connectivity index is 1.98. The highest BCUT2D eigenvalue weighted by Crippen LogP contribution is 2.50. The van der Waals surface area contributed by atoms with Gasteiger partial charge in [0.25, 0.3) is 0 Å². The first-order valence-corrected chi connectivity index (χ1v) is 5.09. The molecule has 0 spiro atoms. The van der Waals surface area contributed by atoms with Crippen LogP contribution in [0.2, 0.25) is 0 Å². The zero-order chi connectivity index (χ0) is 9.15. The Bertz CT molecular complexity index is 262. The standard InChI is InChI=1S/C12H17N/c13-9-8-12(6-7-12)10-11-4-2-1-3-5-11/h1-5H,6-10,13H2. The first-order valence-electron chi connectivity index (χ1n) is 5.09. The molecule has 1 nitrogen and oxygen atoms in total. The van der Waals surface area contributed by atoms with Crippen LogP contribution in [0.1, 0.15) is 24.8 Å². The summed E-state index contributed by atoms with van der Waals surface area (Å²) in [6, 6.07) is 10.8. The third-order valence-corrected chi connectivity index (χ3v) is 3.05. The lowest BCUT2D eigenvalue weighted by molar-refractivity contribution is 0.471. The Morgan fingerprint density at radius 1 is 1.15 bits per heavy atom. The van der Waals surface area contributed by atoms with E-state index in [1.54, 1.807) is 0 Å². The number of hydrogen-bond acceptors (Lipinski definition) is 1. The molecule has 1 saturated carbocycles. The van der Waals surface area contributed by atoms with Gasteiger partial charge < -0.3 is 5.73 Å². The Kier molecular flexibility index (Phi) is 2.36. The van der Waals surface area contributed by atoms with Crippen molar-refractivity contribution in [2.75, 3.05) is 6.54 Å². The molecule has 1 aromatic carbocycles. The lowest BCUT2D eigenvalue weighted by Gasteiger charge is -2.13. The molecular weight excluding hydrogens is 158 g/mol. The van der Waals surface area contributed by atoms with Crippen molar-refractivity contribution >= 4 is 0 Å². The van der Waals surface area contributed by atoms with Gasteiger partial charge in [-0.05, 0) is 43.2 Å². The van der Waals surface area contributed by atoms with E-state index in [0.717, 1.165) is 6.54 Å². The van der Waals surface area contributed by atoms with Crippen LogP contribution in [0.4, 0.5) is 0 Å². The highest BCUT2D eigenvalue weighted by atomic mass is 14.6. The Morgan fingerprint density at radius 2 is 1.85 bits per heavy atom. The Morgan fingerprint density at radius 3 is 2.38 bits per heavy atom. The van der Waals surface area contributed by atoms with Crippen molar-refractivity contribution < 1.29 is 0 Å². The summed E-state index contributed by atoms with van der Waals surface area (Å²) in [7, 11) is 0. The fourth-order valence-corrected chi connectivity index (χ4v) is 2.03. The van der Waals surface area contributed by atoms with E-state index in [1.807, 2.05) is 0 Å². The summed E-state index contributed by atoms with van der Waals surface area (Å²) < 4.78 is 0. The fourth-order valence-electron chi connectivity index (χ4n) is 2.03. The molecule has 2 N–H and O–H groups in total. The van der Waals surface area contributed by atoms with E-state index in [4.69, 9.17) is 5.73 Å². The van der Waals surface area contributed by atoms with Crippen LogP contribution in [-0.4, -0.2) is 6.54 Å². The van der Waals surface area contributed by atoms with E-state index in [9.17, 15) is 0 Å². The van der Waals surface area contributed by atoms with Crippen LogP contribution in [0.25, 0.3) is 0 Å². The highest BCUT2D eigenvalue weighted by Gasteiger charge is 2.41. The van der Waals surface area contributed by atoms with Gasteiger partial charge in [0.1, 0.15) is 0 Å². The number of hydrogen-bond donors (Lipinski definition) is 1. The molecule has 1 aromatic rings. The van der Waals surface area contributed by atoms with Gasteiger partial charge in [-0.1, -0.05) is 30.3 Å². The summed E-state index contributed by atoms with van der Waals surface area (Å²) in [5, 5.41) is 0. The molecule has 2 rings (SSSR count). The number of rotatable bonds is 4. The second kappa shape index (κ2) is 3.51. The smallest absolute Gasteiger partial charge is 0.00719 e. The maximum absolute atomic E-state index is 5.61. The third kappa shape index (κ3) is 2.10. The largest absolute Gasteiger partial charge is 0.330 e. The number of benzene rings is 1. The van der Waals surface area contributed by atoms with Crippen LogP contribution in [0.15, 0.2) is 30.3 Å². The second-order valence-corrected chi connectivity index (χ2v) is 4.20. The molecule has 0 heterocycles. The van der Waals surface area contributed by atoms with Gasteiger partial charge in [-0.15, -0.1) is 0 Å². The van der Waals surface area contributed by atoms with Crippen LogP contribution in [-0.2, 0) is 6.42 Å². The fraction of sp³-hybridized carbons (Fsp3) is 0.500. The molecule has 1 heteroatoms. The quantitative estimate of drug-likeness (QED) is 0.747. The minimum Gasteiger partial charge on any atom is -0.330 e. The zero-order valence-electron chi connectivity index (χ0n) is 8.00. The molecule has 70 valence electrons. The zero-order valence-corrected chi connectivity index (χ0v) is 8.00. The minimum absolute atomic E-state index is 0.579. The minimum atomic E-state index is 0.579. The summed E-state index contributed by atoms with van der Waals surface area (Å²) in [6.07, 6.45) is 5.17. The van der Waals surface area contributed by atoms with E-state index >= 15 is 0 Å². The van der Waals surface area contributed by atoms with Crippen molar-refractivity contribution in [3.63, 3.8) is 0 Å². The normalized spacial score (nSPS) is 18.5. The Hall–Kier alpha value is -0.820. The summed E-state index contributed by atoms with van der Waals surface area (Å²) in [4.78, 5) is 0. The average molecular weight is 175 g/mol. The molecule has 0 aromatic heterocycles. The van der Waals surface area contributed by atoms with Gasteiger partial charge in [-0.3, -0.25) is 0 Å². The van der Waals surface area contributed by atoms with E-state index in [2.05, 4.69) is 30.3 Å². The first-order chi connectivity index (χ1) is 6.35. The van der Waals surface area contributed by atoms with E-state index < -0.39 is 0 Å². The summed E-state index contributed by atoms with van der Waals surface area (Å²) in [6.45, 7) is 0.840.